The number of anilines is 1. The van der Waals surface area contributed by atoms with Gasteiger partial charge in [-0.2, -0.15) is 0 Å². The molecule has 142 valence electrons. The fourth-order valence-electron chi connectivity index (χ4n) is 2.37. The van der Waals surface area contributed by atoms with Gasteiger partial charge < -0.3 is 15.1 Å². The Hall–Kier alpha value is -3.02. The summed E-state index contributed by atoms with van der Waals surface area (Å²) in [5.41, 5.74) is 1.86. The lowest BCUT2D eigenvalue weighted by Crippen LogP contribution is -2.30. The van der Waals surface area contributed by atoms with Crippen molar-refractivity contribution in [3.8, 4) is 0 Å². The Kier molecular flexibility index (Phi) is 6.19. The van der Waals surface area contributed by atoms with Gasteiger partial charge in [0, 0.05) is 16.8 Å². The van der Waals surface area contributed by atoms with E-state index in [0.717, 1.165) is 5.56 Å². The highest BCUT2D eigenvalue weighted by atomic mass is 35.5. The minimum atomic E-state index is -0.543. The number of hydrogen-bond donors (Lipinski definition) is 2. The van der Waals surface area contributed by atoms with E-state index in [0.29, 0.717) is 16.5 Å². The molecule has 1 aromatic heterocycles. The Bertz CT molecular complexity index is 1030. The molecule has 2 aromatic carbocycles. The third-order valence-electron chi connectivity index (χ3n) is 3.81. The maximum Gasteiger partial charge on any atom is 0.272 e. The van der Waals surface area contributed by atoms with Crippen molar-refractivity contribution in [1.29, 1.82) is 0 Å². The Morgan fingerprint density at radius 3 is 2.43 bits per heavy atom. The van der Waals surface area contributed by atoms with Crippen LogP contribution in [0.4, 0.5) is 5.69 Å². The predicted molar refractivity (Wildman–Crippen MR) is 110 cm³/mol. The van der Waals surface area contributed by atoms with Gasteiger partial charge in [-0.25, -0.2) is 0 Å². The minimum Gasteiger partial charge on any atom is -0.465 e. The molecule has 7 heteroatoms. The highest BCUT2D eigenvalue weighted by molar-refractivity contribution is 6.36. The van der Waals surface area contributed by atoms with Gasteiger partial charge in [-0.15, -0.1) is 0 Å². The molecule has 2 N–H and O–H groups in total. The molecular formula is C21H16Cl2N2O3. The van der Waals surface area contributed by atoms with Crippen LogP contribution in [0.2, 0.25) is 10.0 Å². The monoisotopic (exact) mass is 414 g/mol. The van der Waals surface area contributed by atoms with E-state index in [1.54, 1.807) is 30.3 Å². The number of carbonyl (C=O) groups excluding carboxylic acids is 2. The number of furan rings is 1. The van der Waals surface area contributed by atoms with Gasteiger partial charge in [0.05, 0.1) is 16.8 Å². The van der Waals surface area contributed by atoms with Gasteiger partial charge in [-0.1, -0.05) is 40.9 Å². The first kappa shape index (κ1) is 19.7. The van der Waals surface area contributed by atoms with Crippen molar-refractivity contribution in [3.05, 3.63) is 93.5 Å². The average Bonchev–Trinajstić information content (AvgIpc) is 3.16. The van der Waals surface area contributed by atoms with Crippen molar-refractivity contribution < 1.29 is 14.0 Å². The van der Waals surface area contributed by atoms with Gasteiger partial charge >= 0.3 is 0 Å². The number of nitrogens with one attached hydrogen (secondary N) is 2. The third kappa shape index (κ3) is 5.03. The Balaban J connectivity index is 1.85. The number of aryl methyl sites for hydroxylation is 1. The van der Waals surface area contributed by atoms with Gasteiger partial charge in [0.15, 0.2) is 0 Å². The molecule has 0 unspecified atom stereocenters. The summed E-state index contributed by atoms with van der Waals surface area (Å²) in [5.74, 6) is -0.631. The zero-order valence-electron chi connectivity index (χ0n) is 14.8. The van der Waals surface area contributed by atoms with E-state index in [9.17, 15) is 9.59 Å². The Labute approximate surface area is 172 Å². The average molecular weight is 415 g/mol. The first-order chi connectivity index (χ1) is 13.4. The number of rotatable bonds is 5. The summed E-state index contributed by atoms with van der Waals surface area (Å²) in [7, 11) is 0. The molecular weight excluding hydrogens is 399 g/mol. The Morgan fingerprint density at radius 2 is 1.79 bits per heavy atom. The summed E-state index contributed by atoms with van der Waals surface area (Å²) < 4.78 is 5.26. The molecule has 0 saturated heterocycles. The van der Waals surface area contributed by atoms with Crippen LogP contribution in [0.15, 0.2) is 71.0 Å². The lowest BCUT2D eigenvalue weighted by Gasteiger charge is -2.12. The first-order valence-electron chi connectivity index (χ1n) is 8.32. The Morgan fingerprint density at radius 1 is 1.04 bits per heavy atom. The summed E-state index contributed by atoms with van der Waals surface area (Å²) >= 11 is 12.0. The normalized spacial score (nSPS) is 11.2. The van der Waals surface area contributed by atoms with Gasteiger partial charge in [-0.05, 0) is 49.4 Å². The third-order valence-corrected chi connectivity index (χ3v) is 4.36. The molecule has 28 heavy (non-hydrogen) atoms. The van der Waals surface area contributed by atoms with Crippen LogP contribution in [0.3, 0.4) is 0 Å². The molecule has 0 saturated carbocycles. The molecule has 1 heterocycles. The second-order valence-corrected chi connectivity index (χ2v) is 6.82. The second kappa shape index (κ2) is 8.78. The highest BCUT2D eigenvalue weighted by Gasteiger charge is 2.17. The van der Waals surface area contributed by atoms with Gasteiger partial charge in [0.25, 0.3) is 11.8 Å². The summed E-state index contributed by atoms with van der Waals surface area (Å²) in [6, 6.07) is 15.1. The van der Waals surface area contributed by atoms with E-state index >= 15 is 0 Å². The standard InChI is InChI=1S/C21H16Cl2N2O3/c1-13-4-7-15(8-5-13)24-21(27)19(12-16-3-2-10-28-16)25-20(26)17-9-6-14(22)11-18(17)23/h2-12H,1H3,(H,24,27)(H,25,26)/b19-12-. The second-order valence-electron chi connectivity index (χ2n) is 5.97. The number of carbonyl (C=O) groups is 2. The van der Waals surface area contributed by atoms with Crippen LogP contribution in [0.25, 0.3) is 6.08 Å². The zero-order chi connectivity index (χ0) is 20.1. The molecule has 5 nitrogen and oxygen atoms in total. The molecule has 0 atom stereocenters. The summed E-state index contributed by atoms with van der Waals surface area (Å²) in [5, 5.41) is 5.92. The maximum atomic E-state index is 12.7. The van der Waals surface area contributed by atoms with Crippen LogP contribution in [0.1, 0.15) is 21.7 Å². The van der Waals surface area contributed by atoms with Crippen LogP contribution >= 0.6 is 23.2 Å². The number of hydrogen-bond acceptors (Lipinski definition) is 3. The predicted octanol–water partition coefficient (Wildman–Crippen LogP) is 5.30. The molecule has 0 aliphatic carbocycles. The molecule has 0 bridgehead atoms. The molecule has 3 rings (SSSR count). The van der Waals surface area contributed by atoms with Crippen molar-refractivity contribution in [1.82, 2.24) is 5.32 Å². The molecule has 0 fully saturated rings. The summed E-state index contributed by atoms with van der Waals surface area (Å²) in [6.45, 7) is 1.95. The first-order valence-corrected chi connectivity index (χ1v) is 9.07. The topological polar surface area (TPSA) is 71.3 Å². The quantitative estimate of drug-likeness (QED) is 0.556. The van der Waals surface area contributed by atoms with Gasteiger partial charge in [0.2, 0.25) is 0 Å². The van der Waals surface area contributed by atoms with Crippen molar-refractivity contribution in [3.63, 3.8) is 0 Å². The van der Waals surface area contributed by atoms with E-state index in [4.69, 9.17) is 27.6 Å². The lowest BCUT2D eigenvalue weighted by molar-refractivity contribution is -0.113. The smallest absolute Gasteiger partial charge is 0.272 e. The SMILES string of the molecule is Cc1ccc(NC(=O)/C(=C/c2ccco2)NC(=O)c2ccc(Cl)cc2Cl)cc1. The van der Waals surface area contributed by atoms with Crippen molar-refractivity contribution >= 4 is 46.8 Å². The van der Waals surface area contributed by atoms with Crippen molar-refractivity contribution in [2.45, 2.75) is 6.92 Å². The number of benzene rings is 2. The van der Waals surface area contributed by atoms with E-state index in [1.807, 2.05) is 19.1 Å². The minimum absolute atomic E-state index is 0.00606. The van der Waals surface area contributed by atoms with Gasteiger partial charge in [0.1, 0.15) is 11.5 Å². The van der Waals surface area contributed by atoms with Gasteiger partial charge in [-0.3, -0.25) is 9.59 Å². The van der Waals surface area contributed by atoms with Crippen LogP contribution in [0.5, 0.6) is 0 Å². The zero-order valence-corrected chi connectivity index (χ0v) is 16.3. The van der Waals surface area contributed by atoms with Crippen LogP contribution in [-0.4, -0.2) is 11.8 Å². The molecule has 3 aromatic rings. The highest BCUT2D eigenvalue weighted by Crippen LogP contribution is 2.21. The molecule has 0 aliphatic heterocycles. The van der Waals surface area contributed by atoms with Crippen LogP contribution in [-0.2, 0) is 4.79 Å². The van der Waals surface area contributed by atoms with Crippen LogP contribution < -0.4 is 10.6 Å². The van der Waals surface area contributed by atoms with Crippen molar-refractivity contribution in [2.75, 3.05) is 5.32 Å². The number of halogens is 2. The summed E-state index contributed by atoms with van der Waals surface area (Å²) in [6.07, 6.45) is 2.91. The lowest BCUT2D eigenvalue weighted by atomic mass is 10.2. The van der Waals surface area contributed by atoms with E-state index < -0.39 is 11.8 Å². The van der Waals surface area contributed by atoms with E-state index in [1.165, 1.54) is 24.5 Å². The largest absolute Gasteiger partial charge is 0.465 e. The van der Waals surface area contributed by atoms with Crippen molar-refractivity contribution in [2.24, 2.45) is 0 Å². The number of amides is 2. The van der Waals surface area contributed by atoms with E-state index in [-0.39, 0.29) is 16.3 Å². The van der Waals surface area contributed by atoms with Crippen LogP contribution in [0, 0.1) is 6.92 Å². The molecule has 0 radical (unpaired) electrons. The molecule has 2 amide bonds. The molecule has 0 spiro atoms. The fourth-order valence-corrected chi connectivity index (χ4v) is 2.87. The van der Waals surface area contributed by atoms with E-state index in [2.05, 4.69) is 10.6 Å². The summed E-state index contributed by atoms with van der Waals surface area (Å²) in [4.78, 5) is 25.4. The maximum absolute atomic E-state index is 12.7. The fraction of sp³-hybridized carbons (Fsp3) is 0.0476. The molecule has 0 aliphatic rings.